The second-order valence-electron chi connectivity index (χ2n) is 10.1. The van der Waals surface area contributed by atoms with Crippen LogP contribution in [0.1, 0.15) is 52.7 Å². The summed E-state index contributed by atoms with van der Waals surface area (Å²) in [6.07, 6.45) is 4.97. The first-order chi connectivity index (χ1) is 18.2. The van der Waals surface area contributed by atoms with Gasteiger partial charge in [-0.15, -0.1) is 5.01 Å². The smallest absolute Gasteiger partial charge is 0.258 e. The molecule has 2 aromatic rings. The SMILES string of the molecule is CN(C(/N=C(\N)NC(=O)c1cccc(F)c1CCc1cc(Br)ccc1CC1CC1)C1CCNCC1)[N+](=O)[O-]. The molecule has 0 aromatic heterocycles. The third kappa shape index (κ3) is 7.28. The average molecular weight is 590 g/mol. The molecular formula is C27H34BrFN6O3. The number of hydrogen-bond acceptors (Lipinski definition) is 5. The highest BCUT2D eigenvalue weighted by Gasteiger charge is 2.32. The summed E-state index contributed by atoms with van der Waals surface area (Å²) in [6.45, 7) is 1.45. The number of rotatable bonds is 10. The number of carbonyl (C=O) groups is 1. The van der Waals surface area contributed by atoms with Crippen LogP contribution in [0, 0.1) is 27.8 Å². The van der Waals surface area contributed by atoms with Crippen LogP contribution in [0.2, 0.25) is 0 Å². The van der Waals surface area contributed by atoms with Crippen LogP contribution in [0.5, 0.6) is 0 Å². The van der Waals surface area contributed by atoms with Gasteiger partial charge in [-0.1, -0.05) is 28.1 Å². The summed E-state index contributed by atoms with van der Waals surface area (Å²) < 4.78 is 15.9. The van der Waals surface area contributed by atoms with Crippen LogP contribution in [-0.4, -0.2) is 48.2 Å². The van der Waals surface area contributed by atoms with Gasteiger partial charge in [-0.3, -0.25) is 10.1 Å². The Morgan fingerprint density at radius 1 is 1.24 bits per heavy atom. The van der Waals surface area contributed by atoms with E-state index < -0.39 is 22.9 Å². The minimum Gasteiger partial charge on any atom is -0.370 e. The fraction of sp³-hybridized carbons (Fsp3) is 0.481. The van der Waals surface area contributed by atoms with Crippen molar-refractivity contribution in [3.63, 3.8) is 0 Å². The molecule has 4 rings (SSSR count). The Morgan fingerprint density at radius 2 is 1.97 bits per heavy atom. The number of nitrogens with zero attached hydrogens (tertiary/aromatic N) is 3. The highest BCUT2D eigenvalue weighted by atomic mass is 79.9. The first-order valence-corrected chi connectivity index (χ1v) is 13.8. The summed E-state index contributed by atoms with van der Waals surface area (Å²) in [4.78, 5) is 28.9. The lowest BCUT2D eigenvalue weighted by Gasteiger charge is -2.30. The standard InChI is InChI=1S/C27H34BrFN6O3/c1-34(35(37)38)25(18-11-13-31-14-12-18)32-27(30)33-26(36)23-3-2-4-24(29)22(23)10-8-20-16-21(28)9-7-19(20)15-17-5-6-17/h2-4,7,9,16-18,25,31H,5-6,8,10-15H2,1H3,(H3,30,32,33,36). The molecule has 1 unspecified atom stereocenters. The molecule has 1 atom stereocenters. The summed E-state index contributed by atoms with van der Waals surface area (Å²) in [6, 6.07) is 10.6. The number of nitro groups is 1. The van der Waals surface area contributed by atoms with E-state index >= 15 is 0 Å². The Hall–Kier alpha value is -3.05. The molecule has 4 N–H and O–H groups in total. The maximum Gasteiger partial charge on any atom is 0.258 e. The molecule has 1 aliphatic carbocycles. The lowest BCUT2D eigenvalue weighted by atomic mass is 9.94. The van der Waals surface area contributed by atoms with Crippen molar-refractivity contribution < 1.29 is 14.2 Å². The van der Waals surface area contributed by atoms with Gasteiger partial charge in [-0.05, 0) is 99.3 Å². The Kier molecular flexibility index (Phi) is 9.32. The molecule has 0 bridgehead atoms. The second kappa shape index (κ2) is 12.7. The van der Waals surface area contributed by atoms with Crippen molar-refractivity contribution in [2.75, 3.05) is 20.1 Å². The molecule has 204 valence electrons. The maximum atomic E-state index is 15.0. The summed E-state index contributed by atoms with van der Waals surface area (Å²) in [5, 5.41) is 17.6. The van der Waals surface area contributed by atoms with Crippen LogP contribution in [0.4, 0.5) is 4.39 Å². The predicted molar refractivity (Wildman–Crippen MR) is 148 cm³/mol. The molecule has 1 saturated heterocycles. The summed E-state index contributed by atoms with van der Waals surface area (Å²) >= 11 is 3.54. The van der Waals surface area contributed by atoms with E-state index in [1.165, 1.54) is 37.6 Å². The van der Waals surface area contributed by atoms with E-state index in [0.717, 1.165) is 40.5 Å². The van der Waals surface area contributed by atoms with Gasteiger partial charge >= 0.3 is 0 Å². The van der Waals surface area contributed by atoms with Crippen molar-refractivity contribution in [3.8, 4) is 0 Å². The lowest BCUT2D eigenvalue weighted by molar-refractivity contribution is -0.659. The van der Waals surface area contributed by atoms with Crippen molar-refractivity contribution in [2.45, 2.75) is 51.1 Å². The second-order valence-corrected chi connectivity index (χ2v) is 11.0. The monoisotopic (exact) mass is 588 g/mol. The van der Waals surface area contributed by atoms with E-state index in [-0.39, 0.29) is 17.4 Å². The Bertz CT molecular complexity index is 1200. The molecule has 2 aliphatic rings. The van der Waals surface area contributed by atoms with Crippen LogP contribution in [0.25, 0.3) is 0 Å². The number of aliphatic imine (C=N–C) groups is 1. The Balaban J connectivity index is 1.50. The molecule has 0 radical (unpaired) electrons. The molecule has 2 aromatic carbocycles. The van der Waals surface area contributed by atoms with Crippen LogP contribution < -0.4 is 16.4 Å². The number of halogens is 2. The Labute approximate surface area is 230 Å². The van der Waals surface area contributed by atoms with Crippen LogP contribution in [0.3, 0.4) is 0 Å². The zero-order valence-electron chi connectivity index (χ0n) is 21.5. The van der Waals surface area contributed by atoms with Gasteiger partial charge in [-0.2, -0.15) is 0 Å². The molecule has 9 nitrogen and oxygen atoms in total. The van der Waals surface area contributed by atoms with E-state index in [0.29, 0.717) is 31.2 Å². The van der Waals surface area contributed by atoms with Crippen molar-refractivity contribution in [1.82, 2.24) is 15.6 Å². The van der Waals surface area contributed by atoms with Gasteiger partial charge in [-0.25, -0.2) is 19.5 Å². The first-order valence-electron chi connectivity index (χ1n) is 13.0. The summed E-state index contributed by atoms with van der Waals surface area (Å²) in [5.74, 6) is -0.674. The van der Waals surface area contributed by atoms with Crippen molar-refractivity contribution in [2.24, 2.45) is 22.6 Å². The van der Waals surface area contributed by atoms with Crippen LogP contribution >= 0.6 is 15.9 Å². The van der Waals surface area contributed by atoms with E-state index in [1.807, 2.05) is 6.07 Å². The molecule has 11 heteroatoms. The fourth-order valence-corrected chi connectivity index (χ4v) is 5.44. The van der Waals surface area contributed by atoms with Gasteiger partial charge in [0.2, 0.25) is 0 Å². The molecule has 1 saturated carbocycles. The molecule has 1 amide bonds. The third-order valence-corrected chi connectivity index (χ3v) is 7.83. The largest absolute Gasteiger partial charge is 0.370 e. The van der Waals surface area contributed by atoms with Gasteiger partial charge in [0.15, 0.2) is 17.2 Å². The van der Waals surface area contributed by atoms with Gasteiger partial charge in [0.25, 0.3) is 5.91 Å². The van der Waals surface area contributed by atoms with E-state index in [9.17, 15) is 19.3 Å². The summed E-state index contributed by atoms with van der Waals surface area (Å²) in [5.41, 5.74) is 8.91. The van der Waals surface area contributed by atoms with Crippen molar-refractivity contribution in [1.29, 1.82) is 0 Å². The number of hydrazine groups is 1. The summed E-state index contributed by atoms with van der Waals surface area (Å²) in [7, 11) is 1.34. The van der Waals surface area contributed by atoms with E-state index in [1.54, 1.807) is 6.07 Å². The number of benzene rings is 2. The highest BCUT2D eigenvalue weighted by molar-refractivity contribution is 9.10. The molecule has 1 heterocycles. The number of nitrogens with two attached hydrogens (primary N) is 1. The third-order valence-electron chi connectivity index (χ3n) is 7.34. The number of aryl methyl sites for hydroxylation is 1. The highest BCUT2D eigenvalue weighted by Crippen LogP contribution is 2.34. The molecule has 2 fully saturated rings. The van der Waals surface area contributed by atoms with Gasteiger partial charge < -0.3 is 11.1 Å². The number of guanidine groups is 1. The molecule has 38 heavy (non-hydrogen) atoms. The quantitative estimate of drug-likeness (QED) is 0.168. The van der Waals surface area contributed by atoms with Crippen molar-refractivity contribution in [3.05, 3.63) is 79.1 Å². The number of nitrogens with one attached hydrogen (secondary N) is 2. The van der Waals surface area contributed by atoms with Gasteiger partial charge in [0.1, 0.15) is 5.82 Å². The van der Waals surface area contributed by atoms with Crippen LogP contribution in [-0.2, 0) is 19.3 Å². The molecular weight excluding hydrogens is 555 g/mol. The van der Waals surface area contributed by atoms with E-state index in [4.69, 9.17) is 5.73 Å². The number of hydrogen-bond donors (Lipinski definition) is 3. The Morgan fingerprint density at radius 3 is 2.66 bits per heavy atom. The minimum atomic E-state index is -0.833. The zero-order chi connectivity index (χ0) is 27.2. The molecule has 1 aliphatic heterocycles. The number of piperidine rings is 1. The number of amides is 1. The topological polar surface area (TPSA) is 126 Å². The number of carbonyl (C=O) groups excluding carboxylic acids is 1. The average Bonchev–Trinajstić information content (AvgIpc) is 3.72. The normalized spacial score (nSPS) is 17.2. The zero-order valence-corrected chi connectivity index (χ0v) is 23.0. The molecule has 0 spiro atoms. The van der Waals surface area contributed by atoms with E-state index in [2.05, 4.69) is 43.7 Å². The maximum absolute atomic E-state index is 15.0. The fourth-order valence-electron chi connectivity index (χ4n) is 5.04. The predicted octanol–water partition coefficient (Wildman–Crippen LogP) is 3.82. The lowest BCUT2D eigenvalue weighted by Crippen LogP contribution is -2.47. The van der Waals surface area contributed by atoms with Crippen LogP contribution in [0.15, 0.2) is 45.9 Å². The first kappa shape index (κ1) is 28.0. The minimum absolute atomic E-state index is 0.0955. The van der Waals surface area contributed by atoms with Gasteiger partial charge in [0.05, 0.1) is 7.05 Å². The van der Waals surface area contributed by atoms with Gasteiger partial charge in [0, 0.05) is 21.5 Å². The van der Waals surface area contributed by atoms with Crippen molar-refractivity contribution >= 4 is 27.8 Å².